The van der Waals surface area contributed by atoms with E-state index < -0.39 is 0 Å². The number of nitrogens with zero attached hydrogens (tertiary/aromatic N) is 1. The minimum Gasteiger partial charge on any atom is -0.445 e. The molecule has 0 saturated carbocycles. The number of benzene rings is 1. The second-order valence-electron chi connectivity index (χ2n) is 5.49. The molecule has 2 atom stereocenters. The van der Waals surface area contributed by atoms with Crippen molar-refractivity contribution >= 4 is 11.9 Å². The van der Waals surface area contributed by atoms with Crippen LogP contribution in [0.2, 0.25) is 0 Å². The summed E-state index contributed by atoms with van der Waals surface area (Å²) in [6, 6.07) is 9.43. The zero-order valence-electron chi connectivity index (χ0n) is 12.7. The van der Waals surface area contributed by atoms with Gasteiger partial charge in [0.1, 0.15) is 6.61 Å². The van der Waals surface area contributed by atoms with Crippen LogP contribution in [-0.2, 0) is 16.1 Å². The summed E-state index contributed by atoms with van der Waals surface area (Å²) < 4.78 is 5.38. The third kappa shape index (κ3) is 3.72. The van der Waals surface area contributed by atoms with Crippen molar-refractivity contribution in [2.75, 3.05) is 0 Å². The van der Waals surface area contributed by atoms with Crippen LogP contribution in [0.1, 0.15) is 32.8 Å². The summed E-state index contributed by atoms with van der Waals surface area (Å²) in [5.41, 5.74) is 1.75. The fourth-order valence-electron chi connectivity index (χ4n) is 2.66. The van der Waals surface area contributed by atoms with Crippen LogP contribution in [-0.4, -0.2) is 28.9 Å². The summed E-state index contributed by atoms with van der Waals surface area (Å²) in [6.07, 6.45) is 2.10. The van der Waals surface area contributed by atoms with Gasteiger partial charge in [-0.3, -0.25) is 9.69 Å². The van der Waals surface area contributed by atoms with Crippen LogP contribution < -0.4 is 0 Å². The molecule has 0 aliphatic carbocycles. The third-order valence-electron chi connectivity index (χ3n) is 3.74. The molecule has 1 aromatic rings. The Balaban J connectivity index is 2.01. The van der Waals surface area contributed by atoms with Gasteiger partial charge in [0.15, 0.2) is 5.78 Å². The van der Waals surface area contributed by atoms with E-state index in [0.717, 1.165) is 11.1 Å². The normalized spacial score (nSPS) is 21.7. The van der Waals surface area contributed by atoms with Crippen molar-refractivity contribution in [2.24, 2.45) is 0 Å². The molecule has 0 bridgehead atoms. The highest BCUT2D eigenvalue weighted by Gasteiger charge is 2.31. The number of amides is 1. The smallest absolute Gasteiger partial charge is 0.410 e. The summed E-state index contributed by atoms with van der Waals surface area (Å²) in [4.78, 5) is 25.4. The highest BCUT2D eigenvalue weighted by Crippen LogP contribution is 2.24. The maximum absolute atomic E-state index is 12.3. The molecule has 1 amide bonds. The van der Waals surface area contributed by atoms with Gasteiger partial charge in [-0.1, -0.05) is 36.4 Å². The maximum Gasteiger partial charge on any atom is 0.410 e. The van der Waals surface area contributed by atoms with E-state index in [9.17, 15) is 9.59 Å². The summed E-state index contributed by atoms with van der Waals surface area (Å²) in [5.74, 6) is 0.0750. The van der Waals surface area contributed by atoms with Crippen LogP contribution in [0.5, 0.6) is 0 Å². The number of rotatable bonds is 3. The first-order chi connectivity index (χ1) is 9.99. The maximum atomic E-state index is 12.3. The molecule has 0 aromatic heterocycles. The van der Waals surface area contributed by atoms with Gasteiger partial charge in [0.2, 0.25) is 0 Å². The van der Waals surface area contributed by atoms with E-state index in [1.165, 1.54) is 0 Å². The van der Waals surface area contributed by atoms with Gasteiger partial charge in [-0.25, -0.2) is 4.79 Å². The predicted octanol–water partition coefficient (Wildman–Crippen LogP) is 3.32. The van der Waals surface area contributed by atoms with Crippen molar-refractivity contribution in [3.05, 3.63) is 47.5 Å². The highest BCUT2D eigenvalue weighted by molar-refractivity contribution is 5.93. The van der Waals surface area contributed by atoms with Crippen molar-refractivity contribution in [1.82, 2.24) is 4.90 Å². The van der Waals surface area contributed by atoms with Crippen LogP contribution in [0, 0.1) is 0 Å². The molecule has 112 valence electrons. The molecule has 4 heteroatoms. The van der Waals surface area contributed by atoms with Crippen LogP contribution in [0.15, 0.2) is 42.0 Å². The minimum absolute atomic E-state index is 0.0350. The molecule has 0 saturated heterocycles. The molecule has 0 radical (unpaired) electrons. The number of hydrogen-bond acceptors (Lipinski definition) is 3. The van der Waals surface area contributed by atoms with E-state index in [2.05, 4.69) is 0 Å². The molecular formula is C17H21NO3. The van der Waals surface area contributed by atoms with Crippen molar-refractivity contribution in [2.45, 2.75) is 45.9 Å². The van der Waals surface area contributed by atoms with Gasteiger partial charge in [-0.05, 0) is 38.3 Å². The largest absolute Gasteiger partial charge is 0.445 e. The van der Waals surface area contributed by atoms with E-state index >= 15 is 0 Å². The van der Waals surface area contributed by atoms with Crippen molar-refractivity contribution < 1.29 is 14.3 Å². The lowest BCUT2D eigenvalue weighted by Crippen LogP contribution is -2.47. The van der Waals surface area contributed by atoms with E-state index in [-0.39, 0.29) is 30.6 Å². The van der Waals surface area contributed by atoms with Gasteiger partial charge in [0, 0.05) is 6.04 Å². The lowest BCUT2D eigenvalue weighted by atomic mass is 9.95. The molecule has 1 aliphatic heterocycles. The monoisotopic (exact) mass is 287 g/mol. The summed E-state index contributed by atoms with van der Waals surface area (Å²) in [6.45, 7) is 5.67. The molecule has 2 rings (SSSR count). The summed E-state index contributed by atoms with van der Waals surface area (Å²) >= 11 is 0. The first kappa shape index (κ1) is 15.3. The number of Topliss-reactive ketones (excluding diaryl/α,β-unsaturated/α-hetero) is 1. The van der Waals surface area contributed by atoms with Gasteiger partial charge >= 0.3 is 6.09 Å². The lowest BCUT2D eigenvalue weighted by Gasteiger charge is -2.36. The van der Waals surface area contributed by atoms with Crippen molar-refractivity contribution in [3.8, 4) is 0 Å². The standard InChI is InChI=1S/C17H21NO3/c1-12-9-16(14(3)19)10-13(2)18(12)17(20)21-11-15-7-5-4-6-8-15/h4-9,12-13H,10-11H2,1-3H3/t12-,13+/m0/s1. The average molecular weight is 287 g/mol. The SMILES string of the molecule is CC(=O)C1=C[C@H](C)N(C(=O)OCc2ccccc2)[C@H](C)C1. The fourth-order valence-corrected chi connectivity index (χ4v) is 2.66. The average Bonchev–Trinajstić information content (AvgIpc) is 2.45. The molecule has 0 spiro atoms. The Labute approximate surface area is 125 Å². The van der Waals surface area contributed by atoms with Gasteiger partial charge in [0.25, 0.3) is 0 Å². The quantitative estimate of drug-likeness (QED) is 0.856. The summed E-state index contributed by atoms with van der Waals surface area (Å²) in [5, 5.41) is 0. The Morgan fingerprint density at radius 2 is 1.90 bits per heavy atom. The van der Waals surface area contributed by atoms with Gasteiger partial charge < -0.3 is 4.74 Å². The molecule has 21 heavy (non-hydrogen) atoms. The third-order valence-corrected chi connectivity index (χ3v) is 3.74. The molecule has 1 heterocycles. The summed E-state index contributed by atoms with van der Waals surface area (Å²) in [7, 11) is 0. The van der Waals surface area contributed by atoms with Crippen LogP contribution in [0.3, 0.4) is 0 Å². The second-order valence-corrected chi connectivity index (χ2v) is 5.49. The molecule has 1 aromatic carbocycles. The van der Waals surface area contributed by atoms with Crippen molar-refractivity contribution in [3.63, 3.8) is 0 Å². The molecule has 1 aliphatic rings. The van der Waals surface area contributed by atoms with Gasteiger partial charge in [-0.15, -0.1) is 0 Å². The van der Waals surface area contributed by atoms with E-state index in [0.29, 0.717) is 6.42 Å². The zero-order valence-corrected chi connectivity index (χ0v) is 12.7. The minimum atomic E-state index is -0.335. The number of carbonyl (C=O) groups excluding carboxylic acids is 2. The molecule has 0 N–H and O–H groups in total. The number of ether oxygens (including phenoxy) is 1. The van der Waals surface area contributed by atoms with Crippen LogP contribution in [0.4, 0.5) is 4.79 Å². The Morgan fingerprint density at radius 3 is 2.48 bits per heavy atom. The van der Waals surface area contributed by atoms with E-state index in [1.807, 2.05) is 50.3 Å². The number of hydrogen-bond donors (Lipinski definition) is 0. The molecule has 0 unspecified atom stereocenters. The Bertz CT molecular complexity index is 550. The Morgan fingerprint density at radius 1 is 1.24 bits per heavy atom. The predicted molar refractivity (Wildman–Crippen MR) is 80.8 cm³/mol. The van der Waals surface area contributed by atoms with Crippen LogP contribution in [0.25, 0.3) is 0 Å². The Hall–Kier alpha value is -2.10. The van der Waals surface area contributed by atoms with E-state index in [1.54, 1.807) is 11.8 Å². The number of ketones is 1. The first-order valence-electron chi connectivity index (χ1n) is 7.19. The van der Waals surface area contributed by atoms with Crippen molar-refractivity contribution in [1.29, 1.82) is 0 Å². The van der Waals surface area contributed by atoms with Gasteiger partial charge in [0.05, 0.1) is 6.04 Å². The first-order valence-corrected chi connectivity index (χ1v) is 7.19. The number of carbonyl (C=O) groups is 2. The molecule has 0 fully saturated rings. The fraction of sp³-hybridized carbons (Fsp3) is 0.412. The molecule has 4 nitrogen and oxygen atoms in total. The lowest BCUT2D eigenvalue weighted by molar-refractivity contribution is -0.114. The Kier molecular flexibility index (Phi) is 4.78. The highest BCUT2D eigenvalue weighted by atomic mass is 16.6. The van der Waals surface area contributed by atoms with E-state index in [4.69, 9.17) is 4.74 Å². The van der Waals surface area contributed by atoms with Crippen LogP contribution >= 0.6 is 0 Å². The molecular weight excluding hydrogens is 266 g/mol. The topological polar surface area (TPSA) is 46.6 Å². The van der Waals surface area contributed by atoms with Gasteiger partial charge in [-0.2, -0.15) is 0 Å². The second kappa shape index (κ2) is 6.57. The zero-order chi connectivity index (χ0) is 15.4.